The van der Waals surface area contributed by atoms with Gasteiger partial charge in [0.2, 0.25) is 11.8 Å². The molecule has 46 heavy (non-hydrogen) atoms. The van der Waals surface area contributed by atoms with Crippen molar-refractivity contribution in [3.05, 3.63) is 70.6 Å². The number of anilines is 2. The summed E-state index contributed by atoms with van der Waals surface area (Å²) in [6.07, 6.45) is 2.64. The summed E-state index contributed by atoms with van der Waals surface area (Å²) in [5.74, 6) is 1.75. The zero-order valence-corrected chi connectivity index (χ0v) is 25.4. The molecule has 1 N–H and O–H groups in total. The van der Waals surface area contributed by atoms with Crippen LogP contribution in [-0.2, 0) is 22.6 Å². The molecule has 14 nitrogen and oxygen atoms in total. The number of pyridine rings is 2. The number of nitrogens with one attached hydrogen (secondary N) is 1. The van der Waals surface area contributed by atoms with Crippen LogP contribution in [0.3, 0.4) is 0 Å². The van der Waals surface area contributed by atoms with Crippen molar-refractivity contribution >= 4 is 34.8 Å². The Labute approximate surface area is 263 Å². The highest BCUT2D eigenvalue weighted by molar-refractivity contribution is 5.97. The summed E-state index contributed by atoms with van der Waals surface area (Å²) in [5, 5.41) is 4.38. The van der Waals surface area contributed by atoms with Gasteiger partial charge in [0.25, 0.3) is 11.5 Å². The molecule has 1 saturated heterocycles. The number of fused-ring (bicyclic) bond motifs is 3. The van der Waals surface area contributed by atoms with Gasteiger partial charge >= 0.3 is 6.09 Å². The molecule has 2 aliphatic heterocycles. The van der Waals surface area contributed by atoms with Crippen LogP contribution in [-0.4, -0.2) is 77.1 Å². The van der Waals surface area contributed by atoms with Gasteiger partial charge in [0, 0.05) is 43.1 Å². The Kier molecular flexibility index (Phi) is 7.86. The van der Waals surface area contributed by atoms with Crippen LogP contribution < -0.4 is 34.9 Å². The number of methoxy groups -OCH3 is 2. The van der Waals surface area contributed by atoms with E-state index in [2.05, 4.69) is 20.3 Å². The monoisotopic (exact) mass is 627 g/mol. The first-order valence-corrected chi connectivity index (χ1v) is 15.1. The first-order chi connectivity index (χ1) is 22.4. The van der Waals surface area contributed by atoms with Crippen molar-refractivity contribution < 1.29 is 28.5 Å². The maximum atomic E-state index is 13.2. The lowest BCUT2D eigenvalue weighted by molar-refractivity contribution is -0.121. The van der Waals surface area contributed by atoms with E-state index >= 15 is 0 Å². The summed E-state index contributed by atoms with van der Waals surface area (Å²) in [5.41, 5.74) is 1.31. The number of nitrogens with zero attached hydrogens (tertiary/aromatic N) is 6. The van der Waals surface area contributed by atoms with Crippen molar-refractivity contribution in [1.29, 1.82) is 0 Å². The predicted octanol–water partition coefficient (Wildman–Crippen LogP) is 2.67. The van der Waals surface area contributed by atoms with Gasteiger partial charge < -0.3 is 24.3 Å². The molecule has 5 heterocycles. The molecule has 1 aliphatic carbocycles. The van der Waals surface area contributed by atoms with Gasteiger partial charge in [0.05, 0.1) is 33.0 Å². The summed E-state index contributed by atoms with van der Waals surface area (Å²) in [7, 11) is 3.14. The molecule has 3 aliphatic rings. The number of carbonyl (C=O) groups is 2. The molecule has 14 heteroatoms. The molecule has 0 spiro atoms. The first-order valence-electron chi connectivity index (χ1n) is 15.1. The fourth-order valence-corrected chi connectivity index (χ4v) is 6.30. The molecular weight excluding hydrogens is 594 g/mol. The van der Waals surface area contributed by atoms with Crippen LogP contribution in [0.4, 0.5) is 16.6 Å². The van der Waals surface area contributed by atoms with E-state index in [1.807, 2.05) is 30.3 Å². The zero-order valence-electron chi connectivity index (χ0n) is 25.4. The number of ether oxygens (including phenoxy) is 4. The number of benzene rings is 1. The molecule has 7 rings (SSSR count). The molecule has 0 radical (unpaired) electrons. The van der Waals surface area contributed by atoms with Gasteiger partial charge in [-0.05, 0) is 42.7 Å². The minimum absolute atomic E-state index is 0.0811. The van der Waals surface area contributed by atoms with Gasteiger partial charge in [-0.25, -0.2) is 14.7 Å². The predicted molar refractivity (Wildman–Crippen MR) is 166 cm³/mol. The Morgan fingerprint density at radius 1 is 0.978 bits per heavy atom. The third kappa shape index (κ3) is 5.55. The van der Waals surface area contributed by atoms with Crippen LogP contribution in [0.15, 0.2) is 59.5 Å². The van der Waals surface area contributed by atoms with Gasteiger partial charge in [-0.1, -0.05) is 12.1 Å². The fraction of sp³-hybridized carbons (Fsp3) is 0.375. The minimum atomic E-state index is -0.525. The SMILES string of the molecule is COc1ccc(CN2C(=O)COc3cnc(N4C(=O)O[C@@H]5C[C@H](NCCn6c(=O)ccc7ccc(OC)nc76)CC[C@H]54)nc32)cc1. The van der Waals surface area contributed by atoms with Gasteiger partial charge in [0.15, 0.2) is 18.2 Å². The van der Waals surface area contributed by atoms with Crippen molar-refractivity contribution in [2.45, 2.75) is 50.5 Å². The molecule has 3 atom stereocenters. The lowest BCUT2D eigenvalue weighted by Crippen LogP contribution is -2.47. The van der Waals surface area contributed by atoms with Crippen LogP contribution in [0.5, 0.6) is 17.4 Å². The molecule has 0 bridgehead atoms. The molecule has 2 fully saturated rings. The Hall–Kier alpha value is -5.24. The Balaban J connectivity index is 1.03. The number of aromatic nitrogens is 4. The topological polar surface area (TPSA) is 150 Å². The second-order valence-electron chi connectivity index (χ2n) is 11.4. The molecule has 1 saturated carbocycles. The van der Waals surface area contributed by atoms with Crippen molar-refractivity contribution in [2.24, 2.45) is 0 Å². The van der Waals surface area contributed by atoms with Crippen LogP contribution in [0.2, 0.25) is 0 Å². The second-order valence-corrected chi connectivity index (χ2v) is 11.4. The van der Waals surface area contributed by atoms with Crippen molar-refractivity contribution in [3.63, 3.8) is 0 Å². The third-order valence-corrected chi connectivity index (χ3v) is 8.67. The summed E-state index contributed by atoms with van der Waals surface area (Å²) >= 11 is 0. The van der Waals surface area contributed by atoms with Crippen molar-refractivity contribution in [3.8, 4) is 17.4 Å². The van der Waals surface area contributed by atoms with E-state index in [1.165, 1.54) is 17.2 Å². The van der Waals surface area contributed by atoms with E-state index in [-0.39, 0.29) is 48.8 Å². The summed E-state index contributed by atoms with van der Waals surface area (Å²) < 4.78 is 23.5. The second kappa shape index (κ2) is 12.3. The first kappa shape index (κ1) is 29.5. The standard InChI is InChI=1S/C32H33N7O7/c1-43-22-8-3-19(4-9-22)17-38-28(41)18-45-25-16-34-31(36-30(25)38)39-23-10-7-21(15-24(23)46-32(39)42)33-13-14-37-27(40)12-6-20-5-11-26(44-2)35-29(20)37/h3-6,8-9,11-12,16,21,23-24,33H,7,10,13-15,17-18H2,1-2H3/t21-,23-,24-/m1/s1. The van der Waals surface area contributed by atoms with Crippen molar-refractivity contribution in [2.75, 3.05) is 37.2 Å². The van der Waals surface area contributed by atoms with Crippen molar-refractivity contribution in [1.82, 2.24) is 24.8 Å². The number of hydrogen-bond acceptors (Lipinski definition) is 11. The number of hydrogen-bond donors (Lipinski definition) is 1. The highest BCUT2D eigenvalue weighted by Gasteiger charge is 2.47. The Bertz CT molecular complexity index is 1850. The Morgan fingerprint density at radius 2 is 1.80 bits per heavy atom. The number of carbonyl (C=O) groups excluding carboxylic acids is 2. The van der Waals surface area contributed by atoms with Crippen LogP contribution in [0.25, 0.3) is 11.0 Å². The molecular formula is C32H33N7O7. The summed E-state index contributed by atoms with van der Waals surface area (Å²) in [6, 6.07) is 14.2. The summed E-state index contributed by atoms with van der Waals surface area (Å²) in [4.78, 5) is 55.3. The van der Waals surface area contributed by atoms with Gasteiger partial charge in [0.1, 0.15) is 17.5 Å². The van der Waals surface area contributed by atoms with Gasteiger partial charge in [-0.3, -0.25) is 19.1 Å². The number of rotatable bonds is 9. The van der Waals surface area contributed by atoms with E-state index in [0.29, 0.717) is 54.8 Å². The van der Waals surface area contributed by atoms with E-state index in [4.69, 9.17) is 18.9 Å². The smallest absolute Gasteiger partial charge is 0.417 e. The highest BCUT2D eigenvalue weighted by Crippen LogP contribution is 2.37. The van der Waals surface area contributed by atoms with Gasteiger partial charge in [-0.2, -0.15) is 9.97 Å². The molecule has 1 aromatic carbocycles. The zero-order chi connectivity index (χ0) is 31.8. The third-order valence-electron chi connectivity index (χ3n) is 8.67. The molecule has 2 amide bonds. The Morgan fingerprint density at radius 3 is 2.61 bits per heavy atom. The average molecular weight is 628 g/mol. The minimum Gasteiger partial charge on any atom is -0.497 e. The van der Waals surface area contributed by atoms with Crippen LogP contribution in [0.1, 0.15) is 24.8 Å². The van der Waals surface area contributed by atoms with Crippen LogP contribution in [0, 0.1) is 0 Å². The molecule has 3 aromatic heterocycles. The number of amides is 2. The fourth-order valence-electron chi connectivity index (χ4n) is 6.30. The van der Waals surface area contributed by atoms with Gasteiger partial charge in [-0.15, -0.1) is 0 Å². The van der Waals surface area contributed by atoms with Crippen LogP contribution >= 0.6 is 0 Å². The average Bonchev–Trinajstić information content (AvgIpc) is 3.41. The quantitative estimate of drug-likeness (QED) is 0.292. The molecule has 238 valence electrons. The van der Waals surface area contributed by atoms with E-state index in [0.717, 1.165) is 17.4 Å². The highest BCUT2D eigenvalue weighted by atomic mass is 16.6. The van der Waals surface area contributed by atoms with E-state index in [9.17, 15) is 14.4 Å². The summed E-state index contributed by atoms with van der Waals surface area (Å²) in [6.45, 7) is 1.10. The lowest BCUT2D eigenvalue weighted by Gasteiger charge is -2.33. The normalized spacial score (nSPS) is 20.6. The molecule has 4 aromatic rings. The largest absolute Gasteiger partial charge is 0.497 e. The maximum absolute atomic E-state index is 13.2. The van der Waals surface area contributed by atoms with E-state index < -0.39 is 6.09 Å². The molecule has 0 unspecified atom stereocenters. The lowest BCUT2D eigenvalue weighted by atomic mass is 9.88. The van der Waals surface area contributed by atoms with E-state index in [1.54, 1.807) is 35.8 Å². The maximum Gasteiger partial charge on any atom is 0.417 e.